The van der Waals surface area contributed by atoms with E-state index in [1.165, 1.54) is 19.3 Å². The lowest BCUT2D eigenvalue weighted by Gasteiger charge is -2.26. The topological polar surface area (TPSA) is 12.0 Å². The number of hydrogen-bond donors (Lipinski definition) is 1. The molecular formula is C10H15N. The van der Waals surface area contributed by atoms with Crippen LogP contribution in [0.3, 0.4) is 0 Å². The summed E-state index contributed by atoms with van der Waals surface area (Å²) in [6.45, 7) is 2.24. The molecule has 2 bridgehead atoms. The molecule has 0 fully saturated rings. The maximum absolute atomic E-state index is 3.61. The fourth-order valence-corrected chi connectivity index (χ4v) is 2.00. The molecule has 0 radical (unpaired) electrons. The third-order valence-electron chi connectivity index (χ3n) is 2.48. The van der Waals surface area contributed by atoms with Crippen LogP contribution in [0.15, 0.2) is 23.8 Å². The van der Waals surface area contributed by atoms with Gasteiger partial charge in [0.15, 0.2) is 0 Å². The number of rotatable bonds is 0. The zero-order valence-electron chi connectivity index (χ0n) is 7.01. The van der Waals surface area contributed by atoms with Crippen molar-refractivity contribution in [1.29, 1.82) is 0 Å². The van der Waals surface area contributed by atoms with Gasteiger partial charge in [0.05, 0.1) is 0 Å². The standard InChI is InChI=1S/C10H15N/c1-8-6-9-4-2-3-5-10(7-8)11-9/h2-3,6,9-11H,4-5,7H2,1H3/t9-,10+/m0/s1. The van der Waals surface area contributed by atoms with Crippen molar-refractivity contribution in [3.05, 3.63) is 23.8 Å². The van der Waals surface area contributed by atoms with E-state index in [2.05, 4.69) is 30.5 Å². The van der Waals surface area contributed by atoms with Gasteiger partial charge in [0.2, 0.25) is 0 Å². The van der Waals surface area contributed by atoms with Gasteiger partial charge >= 0.3 is 0 Å². The van der Waals surface area contributed by atoms with Gasteiger partial charge in [0, 0.05) is 12.1 Å². The van der Waals surface area contributed by atoms with E-state index in [1.807, 2.05) is 0 Å². The molecule has 0 saturated heterocycles. The van der Waals surface area contributed by atoms with Gasteiger partial charge in [0.1, 0.15) is 0 Å². The number of fused-ring (bicyclic) bond motifs is 2. The molecule has 0 unspecified atom stereocenters. The lowest BCUT2D eigenvalue weighted by Crippen LogP contribution is -2.39. The molecule has 1 nitrogen and oxygen atoms in total. The van der Waals surface area contributed by atoms with Crippen LogP contribution in [0.4, 0.5) is 0 Å². The highest BCUT2D eigenvalue weighted by molar-refractivity contribution is 5.15. The number of nitrogens with one attached hydrogen (secondary N) is 1. The Hall–Kier alpha value is -0.560. The molecule has 0 aromatic heterocycles. The summed E-state index contributed by atoms with van der Waals surface area (Å²) in [4.78, 5) is 0. The molecular weight excluding hydrogens is 134 g/mol. The summed E-state index contributed by atoms with van der Waals surface area (Å²) in [6, 6.07) is 1.33. The van der Waals surface area contributed by atoms with Crippen molar-refractivity contribution < 1.29 is 0 Å². The predicted molar refractivity (Wildman–Crippen MR) is 47.5 cm³/mol. The quantitative estimate of drug-likeness (QED) is 0.519. The minimum Gasteiger partial charge on any atom is -0.307 e. The monoisotopic (exact) mass is 149 g/mol. The van der Waals surface area contributed by atoms with Crippen molar-refractivity contribution in [3.8, 4) is 0 Å². The third-order valence-corrected chi connectivity index (χ3v) is 2.48. The first-order valence-corrected chi connectivity index (χ1v) is 4.43. The highest BCUT2D eigenvalue weighted by atomic mass is 15.0. The Morgan fingerprint density at radius 2 is 2.18 bits per heavy atom. The lowest BCUT2D eigenvalue weighted by atomic mass is 9.98. The molecule has 0 aromatic rings. The largest absolute Gasteiger partial charge is 0.307 e. The van der Waals surface area contributed by atoms with Crippen molar-refractivity contribution in [2.45, 2.75) is 38.3 Å². The van der Waals surface area contributed by atoms with Gasteiger partial charge in [-0.05, 0) is 26.2 Å². The van der Waals surface area contributed by atoms with E-state index >= 15 is 0 Å². The fraction of sp³-hybridized carbons (Fsp3) is 0.600. The number of hydrogen-bond acceptors (Lipinski definition) is 1. The molecule has 1 N–H and O–H groups in total. The Bertz CT molecular complexity index is 203. The summed E-state index contributed by atoms with van der Waals surface area (Å²) in [5, 5.41) is 3.61. The van der Waals surface area contributed by atoms with Crippen molar-refractivity contribution in [3.63, 3.8) is 0 Å². The zero-order valence-corrected chi connectivity index (χ0v) is 7.01. The molecule has 2 atom stereocenters. The first kappa shape index (κ1) is 7.11. The van der Waals surface area contributed by atoms with Gasteiger partial charge in [0.25, 0.3) is 0 Å². The smallest absolute Gasteiger partial charge is 0.0289 e. The van der Waals surface area contributed by atoms with Crippen LogP contribution in [0.25, 0.3) is 0 Å². The Balaban J connectivity index is 2.17. The molecule has 0 saturated carbocycles. The average molecular weight is 149 g/mol. The second-order valence-corrected chi connectivity index (χ2v) is 3.63. The Kier molecular flexibility index (Phi) is 1.82. The third kappa shape index (κ3) is 1.54. The predicted octanol–water partition coefficient (Wildman–Crippen LogP) is 2.01. The van der Waals surface area contributed by atoms with Crippen LogP contribution in [-0.2, 0) is 0 Å². The van der Waals surface area contributed by atoms with Gasteiger partial charge in [-0.2, -0.15) is 0 Å². The summed E-state index contributed by atoms with van der Waals surface area (Å²) < 4.78 is 0. The van der Waals surface area contributed by atoms with Gasteiger partial charge in [-0.25, -0.2) is 0 Å². The Labute approximate surface area is 68.2 Å². The van der Waals surface area contributed by atoms with Crippen LogP contribution in [0.2, 0.25) is 0 Å². The molecule has 2 rings (SSSR count). The van der Waals surface area contributed by atoms with E-state index in [1.54, 1.807) is 5.57 Å². The highest BCUT2D eigenvalue weighted by Crippen LogP contribution is 2.20. The summed E-state index contributed by atoms with van der Waals surface area (Å²) in [6.07, 6.45) is 10.6. The maximum Gasteiger partial charge on any atom is 0.0289 e. The second-order valence-electron chi connectivity index (χ2n) is 3.63. The highest BCUT2D eigenvalue weighted by Gasteiger charge is 2.19. The van der Waals surface area contributed by atoms with Crippen molar-refractivity contribution in [2.24, 2.45) is 0 Å². The Morgan fingerprint density at radius 1 is 1.36 bits per heavy atom. The molecule has 2 heterocycles. The fourth-order valence-electron chi connectivity index (χ4n) is 2.00. The molecule has 2 aliphatic rings. The zero-order chi connectivity index (χ0) is 7.68. The van der Waals surface area contributed by atoms with Crippen LogP contribution in [0.1, 0.15) is 26.2 Å². The van der Waals surface area contributed by atoms with Crippen LogP contribution in [0.5, 0.6) is 0 Å². The first-order valence-electron chi connectivity index (χ1n) is 4.43. The van der Waals surface area contributed by atoms with E-state index in [-0.39, 0.29) is 0 Å². The minimum absolute atomic E-state index is 0.618. The summed E-state index contributed by atoms with van der Waals surface area (Å²) in [5.41, 5.74) is 1.56. The summed E-state index contributed by atoms with van der Waals surface area (Å²) in [5.74, 6) is 0. The van der Waals surface area contributed by atoms with E-state index in [9.17, 15) is 0 Å². The van der Waals surface area contributed by atoms with E-state index in [0.29, 0.717) is 12.1 Å². The van der Waals surface area contributed by atoms with Crippen LogP contribution in [-0.4, -0.2) is 12.1 Å². The van der Waals surface area contributed by atoms with E-state index in [0.717, 1.165) is 0 Å². The molecule has 0 aliphatic carbocycles. The molecule has 60 valence electrons. The van der Waals surface area contributed by atoms with Crippen LogP contribution >= 0.6 is 0 Å². The molecule has 0 amide bonds. The van der Waals surface area contributed by atoms with E-state index in [4.69, 9.17) is 0 Å². The maximum atomic E-state index is 3.61. The normalized spacial score (nSPS) is 36.3. The molecule has 1 heteroatoms. The summed E-state index contributed by atoms with van der Waals surface area (Å²) >= 11 is 0. The Morgan fingerprint density at radius 3 is 3.09 bits per heavy atom. The molecule has 0 spiro atoms. The summed E-state index contributed by atoms with van der Waals surface area (Å²) in [7, 11) is 0. The van der Waals surface area contributed by atoms with Gasteiger partial charge in [-0.3, -0.25) is 0 Å². The van der Waals surface area contributed by atoms with Crippen molar-refractivity contribution >= 4 is 0 Å². The second kappa shape index (κ2) is 2.82. The first-order chi connectivity index (χ1) is 5.34. The van der Waals surface area contributed by atoms with Crippen molar-refractivity contribution in [1.82, 2.24) is 5.32 Å². The molecule has 2 aliphatic heterocycles. The minimum atomic E-state index is 0.618. The van der Waals surface area contributed by atoms with Crippen LogP contribution in [0, 0.1) is 0 Å². The van der Waals surface area contributed by atoms with Gasteiger partial charge < -0.3 is 5.32 Å². The van der Waals surface area contributed by atoms with Gasteiger partial charge in [-0.1, -0.05) is 23.8 Å². The van der Waals surface area contributed by atoms with Gasteiger partial charge in [-0.15, -0.1) is 0 Å². The van der Waals surface area contributed by atoms with Crippen molar-refractivity contribution in [2.75, 3.05) is 0 Å². The SMILES string of the molecule is CC1=C[C@@H]2CC=CC[C@H](C1)N2. The van der Waals surface area contributed by atoms with Crippen LogP contribution < -0.4 is 5.32 Å². The molecule has 0 aromatic carbocycles. The average Bonchev–Trinajstić information content (AvgIpc) is 2.11. The molecule has 11 heavy (non-hydrogen) atoms. The lowest BCUT2D eigenvalue weighted by molar-refractivity contribution is 0.454. The van der Waals surface area contributed by atoms with E-state index < -0.39 is 0 Å².